The van der Waals surface area contributed by atoms with Crippen LogP contribution in [-0.4, -0.2) is 43.6 Å². The van der Waals surface area contributed by atoms with E-state index in [2.05, 4.69) is 16.5 Å². The van der Waals surface area contributed by atoms with E-state index in [4.69, 9.17) is 27.2 Å². The van der Waals surface area contributed by atoms with Gasteiger partial charge in [-0.25, -0.2) is 14.6 Å². The number of fused-ring (bicyclic) bond motifs is 1. The fraction of sp³-hybridized carbons (Fsp3) is 0.200. The Balaban J connectivity index is 1.48. The van der Waals surface area contributed by atoms with Crippen molar-refractivity contribution in [2.45, 2.75) is 18.9 Å². The number of hydrogen-bond donors (Lipinski definition) is 1. The third-order valence-corrected chi connectivity index (χ3v) is 6.18. The Morgan fingerprint density at radius 2 is 1.82 bits per heavy atom. The highest BCUT2D eigenvalue weighted by atomic mass is 35.5. The number of amides is 1. The van der Waals surface area contributed by atoms with Crippen molar-refractivity contribution in [3.05, 3.63) is 72.5 Å². The number of rotatable bonds is 5. The average molecular weight is 475 g/mol. The van der Waals surface area contributed by atoms with Crippen molar-refractivity contribution in [2.24, 2.45) is 0 Å². The van der Waals surface area contributed by atoms with E-state index in [9.17, 15) is 4.79 Å². The van der Waals surface area contributed by atoms with Crippen molar-refractivity contribution in [2.75, 3.05) is 18.8 Å². The van der Waals surface area contributed by atoms with E-state index in [1.165, 1.54) is 12.4 Å². The molecule has 0 bridgehead atoms. The van der Waals surface area contributed by atoms with Crippen molar-refractivity contribution in [3.63, 3.8) is 0 Å². The molecule has 1 atom stereocenters. The summed E-state index contributed by atoms with van der Waals surface area (Å²) >= 11 is 5.94. The Bertz CT molecular complexity index is 1350. The first-order chi connectivity index (χ1) is 16.5. The van der Waals surface area contributed by atoms with Crippen LogP contribution in [0, 0.1) is 0 Å². The molecule has 0 spiro atoms. The van der Waals surface area contributed by atoms with Gasteiger partial charge in [0, 0.05) is 23.7 Å². The molecule has 34 heavy (non-hydrogen) atoms. The molecule has 2 aromatic heterocycles. The number of carbonyl (C=O) groups excluding carboxylic acids is 1. The van der Waals surface area contributed by atoms with Crippen LogP contribution < -0.4 is 10.5 Å². The molecule has 3 heterocycles. The molecule has 0 unspecified atom stereocenters. The molecule has 2 N–H and O–H groups in total. The zero-order valence-electron chi connectivity index (χ0n) is 18.4. The summed E-state index contributed by atoms with van der Waals surface area (Å²) in [6.07, 6.45) is 4.55. The van der Waals surface area contributed by atoms with Crippen LogP contribution in [0.4, 0.5) is 5.82 Å². The highest BCUT2D eigenvalue weighted by molar-refractivity contribution is 6.30. The minimum atomic E-state index is -0.0770. The zero-order valence-corrected chi connectivity index (χ0v) is 19.2. The summed E-state index contributed by atoms with van der Waals surface area (Å²) < 4.78 is 7.78. The minimum absolute atomic E-state index is 0.0179. The standard InChI is InChI=1S/C25H23ClN6O2/c1-2-21(33)31-13-3-4-18(14-31)32-25-22(24(27)28-15-29-25)23(30-32)16-5-9-19(10-6-16)34-20-11-7-17(26)8-12-20/h2,5-12,15,18H,1,3-4,13-14H2,(H2,27,28,29)/t18-/m1/s1. The Kier molecular flexibility index (Phi) is 5.90. The van der Waals surface area contributed by atoms with Gasteiger partial charge in [0.1, 0.15) is 29.3 Å². The van der Waals surface area contributed by atoms with Crippen LogP contribution in [0.1, 0.15) is 18.9 Å². The second-order valence-electron chi connectivity index (χ2n) is 8.12. The van der Waals surface area contributed by atoms with Crippen molar-refractivity contribution in [1.29, 1.82) is 0 Å². The lowest BCUT2D eigenvalue weighted by Gasteiger charge is -2.32. The van der Waals surface area contributed by atoms with Crippen LogP contribution in [0.5, 0.6) is 11.5 Å². The first-order valence-corrected chi connectivity index (χ1v) is 11.3. The van der Waals surface area contributed by atoms with Gasteiger partial charge in [0.25, 0.3) is 0 Å². The zero-order chi connectivity index (χ0) is 23.7. The van der Waals surface area contributed by atoms with Gasteiger partial charge in [-0.3, -0.25) is 4.79 Å². The molecular formula is C25H23ClN6O2. The first kappa shape index (κ1) is 21.9. The molecule has 8 nitrogen and oxygen atoms in total. The van der Waals surface area contributed by atoms with Crippen molar-refractivity contribution >= 4 is 34.4 Å². The van der Waals surface area contributed by atoms with Crippen molar-refractivity contribution in [3.8, 4) is 22.8 Å². The topological polar surface area (TPSA) is 99.2 Å². The molecule has 5 rings (SSSR count). The summed E-state index contributed by atoms with van der Waals surface area (Å²) in [6.45, 7) is 4.86. The van der Waals surface area contributed by atoms with Gasteiger partial charge in [0.15, 0.2) is 5.65 Å². The molecule has 9 heteroatoms. The lowest BCUT2D eigenvalue weighted by atomic mass is 10.1. The lowest BCUT2D eigenvalue weighted by Crippen LogP contribution is -2.40. The minimum Gasteiger partial charge on any atom is -0.457 e. The molecule has 1 saturated heterocycles. The third kappa shape index (κ3) is 4.20. The largest absolute Gasteiger partial charge is 0.457 e. The van der Waals surface area contributed by atoms with Gasteiger partial charge in [-0.1, -0.05) is 18.2 Å². The molecular weight excluding hydrogens is 452 g/mol. The third-order valence-electron chi connectivity index (χ3n) is 5.92. The van der Waals surface area contributed by atoms with Crippen LogP contribution in [0.25, 0.3) is 22.3 Å². The predicted octanol–water partition coefficient (Wildman–Crippen LogP) is 4.87. The van der Waals surface area contributed by atoms with Gasteiger partial charge >= 0.3 is 0 Å². The molecule has 0 saturated carbocycles. The second-order valence-corrected chi connectivity index (χ2v) is 8.55. The van der Waals surface area contributed by atoms with E-state index in [1.54, 1.807) is 17.0 Å². The number of piperidine rings is 1. The summed E-state index contributed by atoms with van der Waals surface area (Å²) in [4.78, 5) is 22.6. The fourth-order valence-electron chi connectivity index (χ4n) is 4.26. The van der Waals surface area contributed by atoms with Gasteiger partial charge in [-0.15, -0.1) is 0 Å². The first-order valence-electron chi connectivity index (χ1n) is 11.0. The number of nitrogens with two attached hydrogens (primary N) is 1. The van der Waals surface area contributed by atoms with Crippen LogP contribution in [0.3, 0.4) is 0 Å². The molecule has 4 aromatic rings. The summed E-state index contributed by atoms with van der Waals surface area (Å²) in [6, 6.07) is 14.8. The molecule has 2 aromatic carbocycles. The van der Waals surface area contributed by atoms with E-state index >= 15 is 0 Å². The normalized spacial score (nSPS) is 15.9. The fourth-order valence-corrected chi connectivity index (χ4v) is 4.38. The number of ether oxygens (including phenoxy) is 1. The average Bonchev–Trinajstić information content (AvgIpc) is 3.26. The van der Waals surface area contributed by atoms with E-state index < -0.39 is 0 Å². The maximum Gasteiger partial charge on any atom is 0.246 e. The van der Waals surface area contributed by atoms with Crippen LogP contribution >= 0.6 is 11.6 Å². The maximum absolute atomic E-state index is 12.2. The van der Waals surface area contributed by atoms with Crippen molar-refractivity contribution in [1.82, 2.24) is 24.6 Å². The van der Waals surface area contributed by atoms with Gasteiger partial charge in [-0.2, -0.15) is 5.10 Å². The van der Waals surface area contributed by atoms with Gasteiger partial charge in [-0.05, 0) is 67.4 Å². The van der Waals surface area contributed by atoms with Gasteiger partial charge < -0.3 is 15.4 Å². The number of hydrogen-bond acceptors (Lipinski definition) is 6. The highest BCUT2D eigenvalue weighted by Crippen LogP contribution is 2.35. The number of nitrogens with zero attached hydrogens (tertiary/aromatic N) is 5. The van der Waals surface area contributed by atoms with E-state index in [-0.39, 0.29) is 11.9 Å². The van der Waals surface area contributed by atoms with Crippen LogP contribution in [0.15, 0.2) is 67.5 Å². The van der Waals surface area contributed by atoms with Crippen LogP contribution in [-0.2, 0) is 4.79 Å². The number of halogens is 1. The summed E-state index contributed by atoms with van der Waals surface area (Å²) in [7, 11) is 0. The summed E-state index contributed by atoms with van der Waals surface area (Å²) in [5, 5.41) is 6.25. The van der Waals surface area contributed by atoms with Gasteiger partial charge in [0.05, 0.1) is 11.4 Å². The summed E-state index contributed by atoms with van der Waals surface area (Å²) in [5.74, 6) is 1.67. The van der Waals surface area contributed by atoms with E-state index in [0.29, 0.717) is 52.2 Å². The van der Waals surface area contributed by atoms with Crippen molar-refractivity contribution < 1.29 is 9.53 Å². The Morgan fingerprint density at radius 1 is 1.12 bits per heavy atom. The molecule has 0 radical (unpaired) electrons. The quantitative estimate of drug-likeness (QED) is 0.414. The Labute approximate surface area is 201 Å². The molecule has 1 amide bonds. The number of nitrogen functional groups attached to an aromatic ring is 1. The number of carbonyl (C=O) groups is 1. The Morgan fingerprint density at radius 3 is 2.53 bits per heavy atom. The van der Waals surface area contributed by atoms with E-state index in [1.807, 2.05) is 41.1 Å². The second kappa shape index (κ2) is 9.15. The monoisotopic (exact) mass is 474 g/mol. The number of aromatic nitrogens is 4. The molecule has 1 fully saturated rings. The number of likely N-dealkylation sites (tertiary alicyclic amines) is 1. The smallest absolute Gasteiger partial charge is 0.246 e. The summed E-state index contributed by atoms with van der Waals surface area (Å²) in [5.41, 5.74) is 8.47. The number of benzene rings is 2. The lowest BCUT2D eigenvalue weighted by molar-refractivity contribution is -0.127. The van der Waals surface area contributed by atoms with E-state index in [0.717, 1.165) is 18.4 Å². The molecule has 1 aliphatic rings. The van der Waals surface area contributed by atoms with Crippen LogP contribution in [0.2, 0.25) is 5.02 Å². The maximum atomic E-state index is 12.2. The predicted molar refractivity (Wildman–Crippen MR) is 132 cm³/mol. The SMILES string of the molecule is C=CC(=O)N1CCC[C@@H](n2nc(-c3ccc(Oc4ccc(Cl)cc4)cc3)c3c(N)ncnc32)C1. The highest BCUT2D eigenvalue weighted by Gasteiger charge is 2.28. The number of anilines is 1. The Hall–Kier alpha value is -3.91. The van der Waals surface area contributed by atoms with Gasteiger partial charge in [0.2, 0.25) is 5.91 Å². The molecule has 172 valence electrons. The molecule has 1 aliphatic heterocycles. The molecule has 0 aliphatic carbocycles.